The van der Waals surface area contributed by atoms with E-state index in [-0.39, 0.29) is 55.6 Å². The van der Waals surface area contributed by atoms with Gasteiger partial charge in [0, 0.05) is 32.2 Å². The van der Waals surface area contributed by atoms with Crippen LogP contribution in [0.25, 0.3) is 0 Å². The van der Waals surface area contributed by atoms with Gasteiger partial charge in [-0.1, -0.05) is 18.2 Å². The van der Waals surface area contributed by atoms with Crippen molar-refractivity contribution in [1.82, 2.24) is 10.2 Å². The normalized spacial score (nSPS) is 17.6. The molecule has 0 bridgehead atoms. The Morgan fingerprint density at radius 1 is 0.872 bits per heavy atom. The number of carboxylic acid groups (broad SMARTS) is 1. The maximum Gasteiger partial charge on any atom is 0.410 e. The van der Waals surface area contributed by atoms with Crippen molar-refractivity contribution >= 4 is 23.8 Å². The number of halogens is 1. The van der Waals surface area contributed by atoms with Crippen molar-refractivity contribution in [3.8, 4) is 17.2 Å². The van der Waals surface area contributed by atoms with Crippen LogP contribution in [-0.4, -0.2) is 87.5 Å². The zero-order chi connectivity index (χ0) is 33.9. The maximum absolute atomic E-state index is 15.8. The fraction of sp³-hybridized carbons (Fsp3) is 0.333. The third kappa shape index (κ3) is 8.34. The summed E-state index contributed by atoms with van der Waals surface area (Å²) in [5.41, 5.74) is -0.269. The van der Waals surface area contributed by atoms with Gasteiger partial charge in [-0.05, 0) is 61.4 Å². The highest BCUT2D eigenvalue weighted by atomic mass is 19.1. The van der Waals surface area contributed by atoms with E-state index in [1.165, 1.54) is 69.9 Å². The average molecular weight is 655 g/mol. The maximum atomic E-state index is 15.8. The largest absolute Gasteiger partial charge is 0.494 e. The third-order valence-corrected chi connectivity index (χ3v) is 7.41. The summed E-state index contributed by atoms with van der Waals surface area (Å²) < 4.78 is 47.4. The first-order valence-corrected chi connectivity index (χ1v) is 14.5. The number of hydrogen-bond acceptors (Lipinski definition) is 10. The number of methoxy groups -OCH3 is 3. The van der Waals surface area contributed by atoms with Crippen LogP contribution in [0.3, 0.4) is 0 Å². The highest BCUT2D eigenvalue weighted by Crippen LogP contribution is 2.35. The fourth-order valence-corrected chi connectivity index (χ4v) is 5.16. The second-order valence-electron chi connectivity index (χ2n) is 10.3. The van der Waals surface area contributed by atoms with E-state index in [0.717, 1.165) is 4.90 Å². The number of carbonyl (C=O) groups excluding carboxylic acids is 3. The Balaban J connectivity index is 1.80. The molecule has 250 valence electrons. The zero-order valence-electron chi connectivity index (χ0n) is 26.0. The van der Waals surface area contributed by atoms with Crippen LogP contribution in [0.5, 0.6) is 17.2 Å². The number of amides is 2. The minimum Gasteiger partial charge on any atom is -0.494 e. The number of Topliss-reactive ketones (excluding diaryl/α,β-unsaturated/α-hetero) is 1. The molecule has 3 aromatic rings. The van der Waals surface area contributed by atoms with Crippen LogP contribution in [0.15, 0.2) is 66.7 Å². The summed E-state index contributed by atoms with van der Waals surface area (Å²) in [7, 11) is 4.03. The van der Waals surface area contributed by atoms with Gasteiger partial charge in [-0.2, -0.15) is 0 Å². The van der Waals surface area contributed by atoms with E-state index in [1.54, 1.807) is 18.2 Å². The number of carbonyl (C=O) groups is 4. The second kappa shape index (κ2) is 16.4. The summed E-state index contributed by atoms with van der Waals surface area (Å²) in [5.74, 6) is -4.78. The Labute approximate surface area is 270 Å². The molecule has 3 unspecified atom stereocenters. The standard InChI is InChI=1S/C33H35FN2O11/c1-42-18-45-22-13-11-20(12-14-22)30(38)35-28-23(29(37)26-24(46-19-43-2)15-16-25(44-3)27(26)34)10-7-17-36(33(40)41)31(28)47-32(39)21-8-5-4-6-9-21/h4-6,8-9,11-16,23,28,31H,7,10,17-19H2,1-3H3,(H,35,38)(H,40,41). The number of rotatable bonds is 13. The number of nitrogens with zero attached hydrogens (tertiary/aromatic N) is 1. The molecule has 1 fully saturated rings. The highest BCUT2D eigenvalue weighted by Gasteiger charge is 2.46. The molecule has 0 saturated carbocycles. The number of nitrogens with one attached hydrogen (secondary N) is 1. The Bertz CT molecular complexity index is 1550. The molecule has 1 aliphatic rings. The predicted octanol–water partition coefficient (Wildman–Crippen LogP) is 4.35. The van der Waals surface area contributed by atoms with Gasteiger partial charge in [0.05, 0.1) is 24.3 Å². The number of likely N-dealkylation sites (tertiary alicyclic amines) is 1. The van der Waals surface area contributed by atoms with Crippen molar-refractivity contribution in [2.45, 2.75) is 25.1 Å². The summed E-state index contributed by atoms with van der Waals surface area (Å²) in [6.45, 7) is -0.490. The molecule has 0 aliphatic carbocycles. The molecule has 47 heavy (non-hydrogen) atoms. The molecule has 2 N–H and O–H groups in total. The molecule has 4 rings (SSSR count). The topological polar surface area (TPSA) is 159 Å². The molecule has 0 radical (unpaired) electrons. The van der Waals surface area contributed by atoms with Crippen LogP contribution in [-0.2, 0) is 14.2 Å². The van der Waals surface area contributed by atoms with Crippen LogP contribution in [0, 0.1) is 11.7 Å². The van der Waals surface area contributed by atoms with Gasteiger partial charge in [-0.3, -0.25) is 14.5 Å². The Morgan fingerprint density at radius 3 is 2.17 bits per heavy atom. The number of hydrogen-bond donors (Lipinski definition) is 2. The summed E-state index contributed by atoms with van der Waals surface area (Å²) in [6, 6.07) is 14.9. The summed E-state index contributed by atoms with van der Waals surface area (Å²) in [4.78, 5) is 54.7. The second-order valence-corrected chi connectivity index (χ2v) is 10.3. The number of ketones is 1. The van der Waals surface area contributed by atoms with Gasteiger partial charge in [0.25, 0.3) is 5.91 Å². The number of esters is 1. The predicted molar refractivity (Wildman–Crippen MR) is 163 cm³/mol. The molecule has 1 heterocycles. The van der Waals surface area contributed by atoms with Crippen molar-refractivity contribution in [3.63, 3.8) is 0 Å². The average Bonchev–Trinajstić information content (AvgIpc) is 3.26. The van der Waals surface area contributed by atoms with Crippen LogP contribution >= 0.6 is 0 Å². The molecule has 3 aromatic carbocycles. The van der Waals surface area contributed by atoms with Crippen molar-refractivity contribution in [1.29, 1.82) is 0 Å². The lowest BCUT2D eigenvalue weighted by molar-refractivity contribution is -0.0416. The molecule has 0 spiro atoms. The van der Waals surface area contributed by atoms with Gasteiger partial charge in [-0.15, -0.1) is 0 Å². The first-order chi connectivity index (χ1) is 22.7. The Hall–Kier alpha value is -5.21. The minimum atomic E-state index is -1.69. The molecule has 1 aliphatic heterocycles. The smallest absolute Gasteiger partial charge is 0.410 e. The monoisotopic (exact) mass is 654 g/mol. The first-order valence-electron chi connectivity index (χ1n) is 14.5. The van der Waals surface area contributed by atoms with E-state index in [0.29, 0.717) is 5.75 Å². The quantitative estimate of drug-likeness (QED) is 0.153. The van der Waals surface area contributed by atoms with E-state index in [4.69, 9.17) is 28.4 Å². The van der Waals surface area contributed by atoms with E-state index in [1.807, 2.05) is 0 Å². The molecule has 3 atom stereocenters. The molecular formula is C33H35FN2O11. The van der Waals surface area contributed by atoms with Crippen molar-refractivity contribution in [2.24, 2.45) is 5.92 Å². The fourth-order valence-electron chi connectivity index (χ4n) is 5.16. The molecule has 14 heteroatoms. The lowest BCUT2D eigenvalue weighted by atomic mass is 9.85. The summed E-state index contributed by atoms with van der Waals surface area (Å²) in [5, 5.41) is 12.9. The lowest BCUT2D eigenvalue weighted by Crippen LogP contribution is -2.58. The lowest BCUT2D eigenvalue weighted by Gasteiger charge is -2.35. The molecule has 2 amide bonds. The van der Waals surface area contributed by atoms with Gasteiger partial charge in [0.15, 0.2) is 30.9 Å². The summed E-state index contributed by atoms with van der Waals surface area (Å²) in [6.07, 6.45) is -3.06. The molecule has 13 nitrogen and oxygen atoms in total. The van der Waals surface area contributed by atoms with Crippen LogP contribution in [0.2, 0.25) is 0 Å². The minimum absolute atomic E-state index is 0.0168. The number of ether oxygens (including phenoxy) is 6. The van der Waals surface area contributed by atoms with E-state index in [2.05, 4.69) is 5.32 Å². The third-order valence-electron chi connectivity index (χ3n) is 7.41. The van der Waals surface area contributed by atoms with Crippen LogP contribution in [0.1, 0.15) is 43.9 Å². The SMILES string of the molecule is COCOc1ccc(C(=O)NC2C(C(=O)c3c(OCOC)ccc(OC)c3F)CCCN(C(=O)O)C2OC(=O)c2ccccc2)cc1. The number of benzene rings is 3. The van der Waals surface area contributed by atoms with Crippen molar-refractivity contribution in [3.05, 3.63) is 89.2 Å². The molecule has 1 saturated heterocycles. The van der Waals surface area contributed by atoms with Crippen molar-refractivity contribution in [2.75, 3.05) is 41.5 Å². The van der Waals surface area contributed by atoms with Gasteiger partial charge < -0.3 is 38.8 Å². The Morgan fingerprint density at radius 2 is 1.53 bits per heavy atom. The van der Waals surface area contributed by atoms with Gasteiger partial charge in [0.1, 0.15) is 11.5 Å². The van der Waals surface area contributed by atoms with E-state index in [9.17, 15) is 24.3 Å². The Kier molecular flexibility index (Phi) is 12.1. The van der Waals surface area contributed by atoms with E-state index < -0.39 is 53.3 Å². The van der Waals surface area contributed by atoms with Gasteiger partial charge >= 0.3 is 12.1 Å². The summed E-state index contributed by atoms with van der Waals surface area (Å²) >= 11 is 0. The van der Waals surface area contributed by atoms with Gasteiger partial charge in [0.2, 0.25) is 6.23 Å². The highest BCUT2D eigenvalue weighted by molar-refractivity contribution is 6.02. The van der Waals surface area contributed by atoms with Crippen LogP contribution < -0.4 is 19.5 Å². The van der Waals surface area contributed by atoms with Crippen molar-refractivity contribution < 1.29 is 57.1 Å². The zero-order valence-corrected chi connectivity index (χ0v) is 26.0. The molecular weight excluding hydrogens is 619 g/mol. The van der Waals surface area contributed by atoms with Crippen LogP contribution in [0.4, 0.5) is 9.18 Å². The van der Waals surface area contributed by atoms with Gasteiger partial charge in [-0.25, -0.2) is 14.0 Å². The van der Waals surface area contributed by atoms with E-state index >= 15 is 4.39 Å². The molecule has 0 aromatic heterocycles. The first kappa shape index (κ1) is 34.7.